The van der Waals surface area contributed by atoms with Crippen LogP contribution in [0.5, 0.6) is 0 Å². The molecule has 1 aromatic heterocycles. The molecule has 0 aliphatic carbocycles. The number of aryl methyl sites for hydroxylation is 2. The van der Waals surface area contributed by atoms with Crippen LogP contribution in [0.3, 0.4) is 0 Å². The van der Waals surface area contributed by atoms with Crippen LogP contribution in [0.2, 0.25) is 0 Å². The Kier molecular flexibility index (Phi) is 6.27. The summed E-state index contributed by atoms with van der Waals surface area (Å²) in [6.07, 6.45) is -1.17. The van der Waals surface area contributed by atoms with Crippen molar-refractivity contribution in [1.82, 2.24) is 20.5 Å². The van der Waals surface area contributed by atoms with Crippen LogP contribution in [-0.4, -0.2) is 39.0 Å². The van der Waals surface area contributed by atoms with Crippen molar-refractivity contribution in [3.63, 3.8) is 0 Å². The molecule has 1 aliphatic rings. The average molecular weight is 480 g/mol. The van der Waals surface area contributed by atoms with Crippen molar-refractivity contribution in [2.45, 2.75) is 26.6 Å². The standard InChI is InChI=1S/C27H25N7O2/c1-17-9-8-12-20(15-17)29-27(36)31-25-26(35)34(16-23-28-18(2)32-33-23)22-14-7-6-13-21(22)24(30-25)19-10-4-3-5-11-19/h3-15,25H,16H2,1-2H3,(H,28,32,33)(H2,29,31,36). The maximum Gasteiger partial charge on any atom is 0.321 e. The molecule has 1 atom stereocenters. The first-order valence-electron chi connectivity index (χ1n) is 11.5. The second kappa shape index (κ2) is 9.83. The highest BCUT2D eigenvalue weighted by Crippen LogP contribution is 2.29. The molecule has 0 bridgehead atoms. The van der Waals surface area contributed by atoms with Crippen LogP contribution < -0.4 is 15.5 Å². The summed E-state index contributed by atoms with van der Waals surface area (Å²) in [6, 6.07) is 24.0. The van der Waals surface area contributed by atoms with Crippen LogP contribution >= 0.6 is 0 Å². The van der Waals surface area contributed by atoms with E-state index in [0.717, 1.165) is 16.7 Å². The van der Waals surface area contributed by atoms with E-state index in [1.54, 1.807) is 17.9 Å². The van der Waals surface area contributed by atoms with Gasteiger partial charge < -0.3 is 15.5 Å². The molecule has 36 heavy (non-hydrogen) atoms. The van der Waals surface area contributed by atoms with Crippen molar-refractivity contribution in [3.05, 3.63) is 107 Å². The molecule has 3 aromatic carbocycles. The summed E-state index contributed by atoms with van der Waals surface area (Å²) in [5.74, 6) is 0.714. The van der Waals surface area contributed by atoms with Gasteiger partial charge in [0.15, 0.2) is 5.82 Å². The monoisotopic (exact) mass is 479 g/mol. The summed E-state index contributed by atoms with van der Waals surface area (Å²) < 4.78 is 0. The molecular formula is C27H25N7O2. The van der Waals surface area contributed by atoms with Crippen LogP contribution in [0.15, 0.2) is 83.9 Å². The van der Waals surface area contributed by atoms with E-state index in [-0.39, 0.29) is 6.54 Å². The Balaban J connectivity index is 1.54. The van der Waals surface area contributed by atoms with Crippen molar-refractivity contribution in [2.24, 2.45) is 4.99 Å². The Morgan fingerprint density at radius 2 is 1.78 bits per heavy atom. The van der Waals surface area contributed by atoms with Gasteiger partial charge in [0.2, 0.25) is 6.17 Å². The van der Waals surface area contributed by atoms with Gasteiger partial charge in [0.1, 0.15) is 5.82 Å². The number of hydrogen-bond acceptors (Lipinski definition) is 5. The van der Waals surface area contributed by atoms with E-state index in [1.807, 2.05) is 79.7 Å². The zero-order chi connectivity index (χ0) is 25.1. The van der Waals surface area contributed by atoms with Crippen LogP contribution in [-0.2, 0) is 11.3 Å². The number of anilines is 2. The fraction of sp³-hybridized carbons (Fsp3) is 0.148. The lowest BCUT2D eigenvalue weighted by Crippen LogP contribution is -2.48. The number of carbonyl (C=O) groups excluding carboxylic acids is 2. The number of amides is 3. The van der Waals surface area contributed by atoms with Gasteiger partial charge in [-0.1, -0.05) is 60.7 Å². The number of nitrogens with one attached hydrogen (secondary N) is 3. The minimum Gasteiger partial charge on any atom is -0.308 e. The highest BCUT2D eigenvalue weighted by atomic mass is 16.2. The zero-order valence-electron chi connectivity index (χ0n) is 19.9. The molecule has 1 unspecified atom stereocenters. The van der Waals surface area contributed by atoms with E-state index < -0.39 is 18.1 Å². The summed E-state index contributed by atoms with van der Waals surface area (Å²) in [5, 5.41) is 12.6. The summed E-state index contributed by atoms with van der Waals surface area (Å²) in [4.78, 5) is 37.5. The number of para-hydroxylation sites is 1. The molecule has 1 aliphatic heterocycles. The number of rotatable bonds is 5. The lowest BCUT2D eigenvalue weighted by molar-refractivity contribution is -0.120. The highest BCUT2D eigenvalue weighted by Gasteiger charge is 2.33. The molecule has 9 nitrogen and oxygen atoms in total. The first-order chi connectivity index (χ1) is 17.5. The number of urea groups is 1. The quantitative estimate of drug-likeness (QED) is 0.402. The second-order valence-corrected chi connectivity index (χ2v) is 8.49. The number of hydrogen-bond donors (Lipinski definition) is 3. The molecule has 9 heteroatoms. The van der Waals surface area contributed by atoms with Gasteiger partial charge in [0, 0.05) is 16.8 Å². The van der Waals surface area contributed by atoms with E-state index in [0.29, 0.717) is 28.7 Å². The third-order valence-corrected chi connectivity index (χ3v) is 5.74. The molecule has 3 amide bonds. The summed E-state index contributed by atoms with van der Waals surface area (Å²) >= 11 is 0. The molecule has 0 fully saturated rings. The Bertz CT molecular complexity index is 1450. The number of benzene rings is 3. The molecule has 0 saturated carbocycles. The van der Waals surface area contributed by atoms with Crippen molar-refractivity contribution in [3.8, 4) is 0 Å². The fourth-order valence-corrected chi connectivity index (χ4v) is 4.13. The predicted molar refractivity (Wildman–Crippen MR) is 138 cm³/mol. The third kappa shape index (κ3) is 4.85. The normalized spacial score (nSPS) is 15.1. The largest absolute Gasteiger partial charge is 0.321 e. The topological polar surface area (TPSA) is 115 Å². The van der Waals surface area contributed by atoms with Gasteiger partial charge in [-0.05, 0) is 37.6 Å². The van der Waals surface area contributed by atoms with Crippen LogP contribution in [0, 0.1) is 13.8 Å². The number of fused-ring (bicyclic) bond motifs is 1. The van der Waals surface area contributed by atoms with Gasteiger partial charge in [-0.15, -0.1) is 0 Å². The van der Waals surface area contributed by atoms with Gasteiger partial charge in [-0.3, -0.25) is 9.89 Å². The molecule has 180 valence electrons. The summed E-state index contributed by atoms with van der Waals surface area (Å²) in [6.45, 7) is 3.86. The van der Waals surface area contributed by atoms with E-state index in [9.17, 15) is 9.59 Å². The number of benzodiazepines with no additional fused rings is 1. The maximum atomic E-state index is 13.8. The molecule has 4 aromatic rings. The smallest absolute Gasteiger partial charge is 0.308 e. The van der Waals surface area contributed by atoms with Crippen molar-refractivity contribution >= 4 is 29.0 Å². The minimum atomic E-state index is -1.17. The van der Waals surface area contributed by atoms with Gasteiger partial charge >= 0.3 is 6.03 Å². The molecular weight excluding hydrogens is 454 g/mol. The Hall–Kier alpha value is -4.79. The van der Waals surface area contributed by atoms with E-state index in [1.165, 1.54) is 0 Å². The Labute approximate surface area is 208 Å². The van der Waals surface area contributed by atoms with Gasteiger partial charge in [-0.2, -0.15) is 5.10 Å². The number of aromatic amines is 1. The van der Waals surface area contributed by atoms with E-state index in [4.69, 9.17) is 4.99 Å². The number of aliphatic imine (C=N–C) groups is 1. The van der Waals surface area contributed by atoms with Gasteiger partial charge in [0.05, 0.1) is 17.9 Å². The summed E-state index contributed by atoms with van der Waals surface area (Å²) in [7, 11) is 0. The van der Waals surface area contributed by atoms with Crippen LogP contribution in [0.25, 0.3) is 0 Å². The number of aromatic nitrogens is 3. The Morgan fingerprint density at radius 1 is 1.00 bits per heavy atom. The molecule has 0 saturated heterocycles. The maximum absolute atomic E-state index is 13.8. The number of carbonyl (C=O) groups is 2. The Morgan fingerprint density at radius 3 is 2.53 bits per heavy atom. The molecule has 5 rings (SSSR count). The van der Waals surface area contributed by atoms with E-state index in [2.05, 4.69) is 25.8 Å². The van der Waals surface area contributed by atoms with Crippen molar-refractivity contribution in [2.75, 3.05) is 10.2 Å². The van der Waals surface area contributed by atoms with Crippen molar-refractivity contribution < 1.29 is 9.59 Å². The first kappa shape index (κ1) is 23.0. The molecule has 0 radical (unpaired) electrons. The molecule has 0 spiro atoms. The first-order valence-corrected chi connectivity index (χ1v) is 11.5. The van der Waals surface area contributed by atoms with Crippen LogP contribution in [0.4, 0.5) is 16.2 Å². The average Bonchev–Trinajstić information content (AvgIpc) is 3.25. The van der Waals surface area contributed by atoms with Crippen LogP contribution in [0.1, 0.15) is 28.3 Å². The van der Waals surface area contributed by atoms with Gasteiger partial charge in [-0.25, -0.2) is 14.8 Å². The SMILES string of the molecule is Cc1cccc(NC(=O)NC2N=C(c3ccccc3)c3ccccc3N(Cc3n[nH]c(C)n3)C2=O)c1. The summed E-state index contributed by atoms with van der Waals surface area (Å²) in [5.41, 5.74) is 4.50. The van der Waals surface area contributed by atoms with E-state index >= 15 is 0 Å². The number of H-pyrrole nitrogens is 1. The minimum absolute atomic E-state index is 0.120. The number of nitrogens with zero attached hydrogens (tertiary/aromatic N) is 4. The third-order valence-electron chi connectivity index (χ3n) is 5.74. The van der Waals surface area contributed by atoms with Gasteiger partial charge in [0.25, 0.3) is 5.91 Å². The highest BCUT2D eigenvalue weighted by molar-refractivity contribution is 6.20. The lowest BCUT2D eigenvalue weighted by Gasteiger charge is -2.24. The molecule has 3 N–H and O–H groups in total. The predicted octanol–water partition coefficient (Wildman–Crippen LogP) is 3.95. The fourth-order valence-electron chi connectivity index (χ4n) is 4.13. The second-order valence-electron chi connectivity index (χ2n) is 8.49. The molecule has 2 heterocycles. The zero-order valence-corrected chi connectivity index (χ0v) is 19.9. The lowest BCUT2D eigenvalue weighted by atomic mass is 10.0. The van der Waals surface area contributed by atoms with Crippen molar-refractivity contribution in [1.29, 1.82) is 0 Å².